The molecule has 0 amide bonds. The fourth-order valence-electron chi connectivity index (χ4n) is 2.06. The molecular weight excluding hydrogens is 323 g/mol. The number of fused-ring (bicyclic) bond motifs is 1. The minimum Gasteiger partial charge on any atom is -0.404 e. The molecule has 0 bridgehead atoms. The zero-order valence-corrected chi connectivity index (χ0v) is 13.0. The van der Waals surface area contributed by atoms with Crippen molar-refractivity contribution in [2.24, 2.45) is 0 Å². The first-order valence-corrected chi connectivity index (χ1v) is 7.20. The maximum Gasteiger partial charge on any atom is 0.345 e. The Morgan fingerprint density at radius 1 is 1.18 bits per heavy atom. The summed E-state index contributed by atoms with van der Waals surface area (Å²) in [6, 6.07) is 10.4. The predicted octanol–water partition coefficient (Wildman–Crippen LogP) is 4.46. The first kappa shape index (κ1) is 14.8. The van der Waals surface area contributed by atoms with Gasteiger partial charge in [0.05, 0.1) is 5.56 Å². The first-order valence-electron chi connectivity index (χ1n) is 6.44. The number of ether oxygens (including phenoxy) is 1. The number of halogens is 2. The average molecular weight is 333 g/mol. The Balaban J connectivity index is 1.96. The number of aryl methyl sites for hydroxylation is 1. The number of hydrogen-bond acceptors (Lipinski definition) is 4. The third-order valence-corrected chi connectivity index (χ3v) is 3.67. The number of nitrogens with zero attached hydrogens (tertiary/aromatic N) is 2. The molecule has 1 aromatic carbocycles. The van der Waals surface area contributed by atoms with Gasteiger partial charge in [0.25, 0.3) is 0 Å². The highest BCUT2D eigenvalue weighted by atomic mass is 35.5. The lowest BCUT2D eigenvalue weighted by Gasteiger charge is -2.07. The summed E-state index contributed by atoms with van der Waals surface area (Å²) in [5, 5.41) is 1.87. The Bertz CT molecular complexity index is 881. The molecule has 2 aromatic heterocycles. The maximum atomic E-state index is 12.2. The first-order chi connectivity index (χ1) is 10.5. The van der Waals surface area contributed by atoms with Gasteiger partial charge >= 0.3 is 5.97 Å². The summed E-state index contributed by atoms with van der Waals surface area (Å²) in [5.41, 5.74) is 1.31. The topological polar surface area (TPSA) is 52.1 Å². The second kappa shape index (κ2) is 5.91. The molecule has 2 heterocycles. The van der Waals surface area contributed by atoms with Crippen molar-refractivity contribution in [1.82, 2.24) is 9.97 Å². The third-order valence-electron chi connectivity index (χ3n) is 3.17. The number of pyridine rings is 2. The van der Waals surface area contributed by atoms with Gasteiger partial charge in [0.15, 0.2) is 0 Å². The van der Waals surface area contributed by atoms with Crippen LogP contribution in [0.2, 0.25) is 10.3 Å². The van der Waals surface area contributed by atoms with E-state index in [4.69, 9.17) is 27.9 Å². The van der Waals surface area contributed by atoms with Gasteiger partial charge in [-0.2, -0.15) is 0 Å². The monoisotopic (exact) mass is 332 g/mol. The standard InChI is InChI=1S/C16H10Cl2N2O2/c1-9-4-2-3-5-11(9)16(21)22-14-6-10-8-19-13(17)7-12(10)15(18)20-14/h2-8H,1H3. The van der Waals surface area contributed by atoms with Crippen molar-refractivity contribution in [3.63, 3.8) is 0 Å². The van der Waals surface area contributed by atoms with Crippen molar-refractivity contribution in [3.05, 3.63) is 64.0 Å². The molecule has 0 aliphatic rings. The van der Waals surface area contributed by atoms with Gasteiger partial charge in [-0.05, 0) is 24.6 Å². The largest absolute Gasteiger partial charge is 0.404 e. The molecule has 0 saturated heterocycles. The van der Waals surface area contributed by atoms with E-state index >= 15 is 0 Å². The van der Waals surface area contributed by atoms with Gasteiger partial charge in [-0.3, -0.25) is 0 Å². The Kier molecular flexibility index (Phi) is 3.96. The lowest BCUT2D eigenvalue weighted by Crippen LogP contribution is -2.11. The van der Waals surface area contributed by atoms with Crippen LogP contribution in [0.3, 0.4) is 0 Å². The third kappa shape index (κ3) is 2.89. The molecule has 0 aliphatic carbocycles. The van der Waals surface area contributed by atoms with Crippen LogP contribution >= 0.6 is 23.2 Å². The molecule has 0 spiro atoms. The zero-order valence-electron chi connectivity index (χ0n) is 11.5. The number of carbonyl (C=O) groups is 1. The smallest absolute Gasteiger partial charge is 0.345 e. The maximum absolute atomic E-state index is 12.2. The van der Waals surface area contributed by atoms with E-state index in [0.29, 0.717) is 21.5 Å². The van der Waals surface area contributed by atoms with Crippen molar-refractivity contribution in [3.8, 4) is 5.88 Å². The van der Waals surface area contributed by atoms with Crippen molar-refractivity contribution < 1.29 is 9.53 Å². The fourth-order valence-corrected chi connectivity index (χ4v) is 2.47. The van der Waals surface area contributed by atoms with Crippen molar-refractivity contribution >= 4 is 39.9 Å². The van der Waals surface area contributed by atoms with E-state index in [1.807, 2.05) is 19.1 Å². The van der Waals surface area contributed by atoms with Gasteiger partial charge < -0.3 is 4.74 Å². The molecule has 0 saturated carbocycles. The summed E-state index contributed by atoms with van der Waals surface area (Å²) >= 11 is 11.9. The molecule has 0 unspecified atom stereocenters. The van der Waals surface area contributed by atoms with Gasteiger partial charge in [-0.25, -0.2) is 14.8 Å². The number of aromatic nitrogens is 2. The van der Waals surface area contributed by atoms with Crippen LogP contribution in [0.25, 0.3) is 10.8 Å². The van der Waals surface area contributed by atoms with Crippen LogP contribution in [-0.4, -0.2) is 15.9 Å². The average Bonchev–Trinajstić information content (AvgIpc) is 2.48. The van der Waals surface area contributed by atoms with Crippen molar-refractivity contribution in [2.45, 2.75) is 6.92 Å². The van der Waals surface area contributed by atoms with E-state index in [0.717, 1.165) is 5.56 Å². The lowest BCUT2D eigenvalue weighted by atomic mass is 10.1. The van der Waals surface area contributed by atoms with Crippen molar-refractivity contribution in [2.75, 3.05) is 0 Å². The Hall–Kier alpha value is -2.17. The molecule has 0 fully saturated rings. The summed E-state index contributed by atoms with van der Waals surface area (Å²) < 4.78 is 5.31. The molecule has 0 N–H and O–H groups in total. The van der Waals surface area contributed by atoms with E-state index in [9.17, 15) is 4.79 Å². The zero-order chi connectivity index (χ0) is 15.7. The second-order valence-corrected chi connectivity index (χ2v) is 5.43. The number of hydrogen-bond donors (Lipinski definition) is 0. The van der Waals surface area contributed by atoms with E-state index in [1.165, 1.54) is 0 Å². The molecule has 3 rings (SSSR count). The van der Waals surface area contributed by atoms with Gasteiger partial charge in [0, 0.05) is 23.0 Å². The summed E-state index contributed by atoms with van der Waals surface area (Å²) in [6.07, 6.45) is 1.55. The second-order valence-electron chi connectivity index (χ2n) is 4.68. The molecular formula is C16H10Cl2N2O2. The Morgan fingerprint density at radius 3 is 2.73 bits per heavy atom. The number of esters is 1. The van der Waals surface area contributed by atoms with E-state index in [-0.39, 0.29) is 11.0 Å². The number of benzene rings is 1. The summed E-state index contributed by atoms with van der Waals surface area (Å²) in [5.74, 6) is -0.363. The van der Waals surface area contributed by atoms with Crippen LogP contribution in [-0.2, 0) is 0 Å². The van der Waals surface area contributed by atoms with E-state index in [2.05, 4.69) is 9.97 Å². The highest BCUT2D eigenvalue weighted by Gasteiger charge is 2.13. The Morgan fingerprint density at radius 2 is 1.95 bits per heavy atom. The van der Waals surface area contributed by atoms with E-state index < -0.39 is 5.97 Å². The molecule has 6 heteroatoms. The molecule has 0 aliphatic heterocycles. The Labute approximate surface area is 136 Å². The predicted molar refractivity (Wildman–Crippen MR) is 85.7 cm³/mol. The van der Waals surface area contributed by atoms with Gasteiger partial charge in [0.2, 0.25) is 5.88 Å². The summed E-state index contributed by atoms with van der Waals surface area (Å²) in [4.78, 5) is 20.2. The van der Waals surface area contributed by atoms with Gasteiger partial charge in [-0.1, -0.05) is 41.4 Å². The SMILES string of the molecule is Cc1ccccc1C(=O)Oc1cc2cnc(Cl)cc2c(Cl)n1. The summed E-state index contributed by atoms with van der Waals surface area (Å²) in [7, 11) is 0. The van der Waals surface area contributed by atoms with Crippen LogP contribution in [0.5, 0.6) is 5.88 Å². The molecule has 110 valence electrons. The van der Waals surface area contributed by atoms with Gasteiger partial charge in [0.1, 0.15) is 10.3 Å². The minimum atomic E-state index is -0.483. The van der Waals surface area contributed by atoms with Crippen molar-refractivity contribution in [1.29, 1.82) is 0 Å². The van der Waals surface area contributed by atoms with Crippen LogP contribution < -0.4 is 4.74 Å². The van der Waals surface area contributed by atoms with Crippen LogP contribution in [0.1, 0.15) is 15.9 Å². The summed E-state index contributed by atoms with van der Waals surface area (Å²) in [6.45, 7) is 1.84. The lowest BCUT2D eigenvalue weighted by molar-refractivity contribution is 0.0727. The fraction of sp³-hybridized carbons (Fsp3) is 0.0625. The quantitative estimate of drug-likeness (QED) is 0.513. The van der Waals surface area contributed by atoms with Crippen LogP contribution in [0, 0.1) is 6.92 Å². The molecule has 0 atom stereocenters. The van der Waals surface area contributed by atoms with Gasteiger partial charge in [-0.15, -0.1) is 0 Å². The van der Waals surface area contributed by atoms with Crippen LogP contribution in [0.15, 0.2) is 42.6 Å². The molecule has 3 aromatic rings. The number of rotatable bonds is 2. The normalized spacial score (nSPS) is 10.7. The molecule has 0 radical (unpaired) electrons. The number of carbonyl (C=O) groups excluding carboxylic acids is 1. The molecule has 4 nitrogen and oxygen atoms in total. The van der Waals surface area contributed by atoms with Crippen LogP contribution in [0.4, 0.5) is 0 Å². The minimum absolute atomic E-state index is 0.120. The highest BCUT2D eigenvalue weighted by Crippen LogP contribution is 2.27. The highest BCUT2D eigenvalue weighted by molar-refractivity contribution is 6.35. The molecule has 22 heavy (non-hydrogen) atoms. The van der Waals surface area contributed by atoms with E-state index in [1.54, 1.807) is 30.5 Å².